The van der Waals surface area contributed by atoms with Crippen LogP contribution in [0, 0.1) is 5.92 Å². The molecule has 0 unspecified atom stereocenters. The monoisotopic (exact) mass is 272 g/mol. The predicted octanol–water partition coefficient (Wildman–Crippen LogP) is 1.26. The van der Waals surface area contributed by atoms with Crippen molar-refractivity contribution in [2.75, 3.05) is 27.2 Å². The minimum atomic E-state index is -0.861. The number of carbonyl (C=O) groups is 2. The van der Waals surface area contributed by atoms with Crippen molar-refractivity contribution in [2.24, 2.45) is 5.92 Å². The molecule has 1 aliphatic heterocycles. The molecule has 1 saturated heterocycles. The number of hydrogen-bond donors (Lipinski definition) is 1. The van der Waals surface area contributed by atoms with Crippen LogP contribution in [-0.4, -0.2) is 65.8 Å². The largest absolute Gasteiger partial charge is 0.481 e. The highest BCUT2D eigenvalue weighted by Gasteiger charge is 2.36. The van der Waals surface area contributed by atoms with E-state index >= 15 is 0 Å². The van der Waals surface area contributed by atoms with E-state index in [2.05, 4.69) is 0 Å². The highest BCUT2D eigenvalue weighted by atomic mass is 16.6. The lowest BCUT2D eigenvalue weighted by Gasteiger charge is -2.39. The third-order valence-corrected chi connectivity index (χ3v) is 3.16. The summed E-state index contributed by atoms with van der Waals surface area (Å²) in [6.45, 7) is 6.12. The minimum Gasteiger partial charge on any atom is -0.481 e. The van der Waals surface area contributed by atoms with Crippen LogP contribution in [-0.2, 0) is 9.53 Å². The molecule has 1 amide bonds. The van der Waals surface area contributed by atoms with Crippen LogP contribution in [0.5, 0.6) is 0 Å². The van der Waals surface area contributed by atoms with Crippen LogP contribution in [0.1, 0.15) is 27.2 Å². The van der Waals surface area contributed by atoms with Gasteiger partial charge < -0.3 is 19.6 Å². The van der Waals surface area contributed by atoms with E-state index in [1.54, 1.807) is 20.8 Å². The van der Waals surface area contributed by atoms with Gasteiger partial charge in [0.05, 0.1) is 5.92 Å². The van der Waals surface area contributed by atoms with E-state index in [9.17, 15) is 14.7 Å². The average molecular weight is 272 g/mol. The van der Waals surface area contributed by atoms with Gasteiger partial charge in [-0.05, 0) is 41.3 Å². The van der Waals surface area contributed by atoms with Gasteiger partial charge in [-0.3, -0.25) is 4.79 Å². The molecule has 110 valence electrons. The highest BCUT2D eigenvalue weighted by molar-refractivity contribution is 5.73. The van der Waals surface area contributed by atoms with Crippen LogP contribution in [0.4, 0.5) is 4.79 Å². The zero-order chi connectivity index (χ0) is 14.8. The fraction of sp³-hybridized carbons (Fsp3) is 0.846. The van der Waals surface area contributed by atoms with Crippen molar-refractivity contribution in [2.45, 2.75) is 38.8 Å². The van der Waals surface area contributed by atoms with Crippen LogP contribution in [0.2, 0.25) is 0 Å². The van der Waals surface area contributed by atoms with Gasteiger partial charge >= 0.3 is 12.1 Å². The third-order valence-electron chi connectivity index (χ3n) is 3.16. The van der Waals surface area contributed by atoms with Crippen LogP contribution >= 0.6 is 0 Å². The first kappa shape index (κ1) is 15.8. The van der Waals surface area contributed by atoms with Gasteiger partial charge in [-0.25, -0.2) is 4.79 Å². The van der Waals surface area contributed by atoms with Gasteiger partial charge in [0.1, 0.15) is 5.60 Å². The maximum atomic E-state index is 12.0. The number of likely N-dealkylation sites (tertiary alicyclic amines) is 1. The Morgan fingerprint density at radius 2 is 1.84 bits per heavy atom. The van der Waals surface area contributed by atoms with Gasteiger partial charge in [-0.15, -0.1) is 0 Å². The van der Waals surface area contributed by atoms with Crippen LogP contribution in [0.15, 0.2) is 0 Å². The van der Waals surface area contributed by atoms with Gasteiger partial charge in [0.15, 0.2) is 0 Å². The number of nitrogens with zero attached hydrogens (tertiary/aromatic N) is 2. The van der Waals surface area contributed by atoms with Crippen LogP contribution < -0.4 is 0 Å². The van der Waals surface area contributed by atoms with Crippen LogP contribution in [0.25, 0.3) is 0 Å². The molecule has 19 heavy (non-hydrogen) atoms. The molecule has 1 N–H and O–H groups in total. The zero-order valence-corrected chi connectivity index (χ0v) is 12.3. The van der Waals surface area contributed by atoms with E-state index in [4.69, 9.17) is 4.74 Å². The number of ether oxygens (including phenoxy) is 1. The lowest BCUT2D eigenvalue weighted by molar-refractivity contribution is -0.144. The lowest BCUT2D eigenvalue weighted by Crippen LogP contribution is -2.53. The molecule has 0 radical (unpaired) electrons. The smallest absolute Gasteiger partial charge is 0.410 e. The number of rotatable bonds is 2. The molecule has 0 bridgehead atoms. The highest BCUT2D eigenvalue weighted by Crippen LogP contribution is 2.22. The van der Waals surface area contributed by atoms with Crippen molar-refractivity contribution < 1.29 is 19.4 Å². The number of carboxylic acid groups (broad SMARTS) is 1. The Labute approximate surface area is 114 Å². The number of likely N-dealkylation sites (N-methyl/N-ethyl adjacent to an activating group) is 1. The molecule has 1 aliphatic rings. The molecule has 6 heteroatoms. The van der Waals surface area contributed by atoms with Gasteiger partial charge in [0, 0.05) is 19.1 Å². The molecule has 1 rings (SSSR count). The number of amides is 1. The summed E-state index contributed by atoms with van der Waals surface area (Å²) in [5.74, 6) is -1.39. The third kappa shape index (κ3) is 4.70. The van der Waals surface area contributed by atoms with Crippen molar-refractivity contribution in [1.29, 1.82) is 0 Å². The summed E-state index contributed by atoms with van der Waals surface area (Å²) in [5.41, 5.74) is -0.569. The summed E-state index contributed by atoms with van der Waals surface area (Å²) in [7, 11) is 3.78. The maximum absolute atomic E-state index is 12.0. The molecule has 0 spiro atoms. The molecule has 2 atom stereocenters. The molecule has 0 aromatic carbocycles. The van der Waals surface area contributed by atoms with Gasteiger partial charge in [-0.1, -0.05) is 0 Å². The Balaban J connectivity index is 2.76. The van der Waals surface area contributed by atoms with Gasteiger partial charge in [0.25, 0.3) is 0 Å². The minimum absolute atomic E-state index is 0.0439. The number of piperidine rings is 1. The predicted molar refractivity (Wildman–Crippen MR) is 71.0 cm³/mol. The average Bonchev–Trinajstić information content (AvgIpc) is 2.25. The SMILES string of the molecule is CN(C)[C@H]1C[C@H](C(=O)O)CN(C(=O)OC(C)(C)C)C1. The summed E-state index contributed by atoms with van der Waals surface area (Å²) in [5, 5.41) is 9.17. The molecule has 6 nitrogen and oxygen atoms in total. The Morgan fingerprint density at radius 3 is 2.26 bits per heavy atom. The fourth-order valence-corrected chi connectivity index (χ4v) is 2.10. The summed E-state index contributed by atoms with van der Waals surface area (Å²) < 4.78 is 5.31. The van der Waals surface area contributed by atoms with Crippen LogP contribution in [0.3, 0.4) is 0 Å². The molecular formula is C13H24N2O4. The van der Waals surface area contributed by atoms with E-state index in [-0.39, 0.29) is 12.6 Å². The lowest BCUT2D eigenvalue weighted by atomic mass is 9.94. The van der Waals surface area contributed by atoms with E-state index in [0.29, 0.717) is 13.0 Å². The second-order valence-corrected chi connectivity index (χ2v) is 6.27. The number of hydrogen-bond acceptors (Lipinski definition) is 4. The summed E-state index contributed by atoms with van der Waals surface area (Å²) in [6.07, 6.45) is 0.118. The van der Waals surface area contributed by atoms with E-state index in [1.165, 1.54) is 4.90 Å². The van der Waals surface area contributed by atoms with E-state index in [0.717, 1.165) is 0 Å². The van der Waals surface area contributed by atoms with Crippen molar-refractivity contribution in [3.05, 3.63) is 0 Å². The van der Waals surface area contributed by atoms with Crippen molar-refractivity contribution >= 4 is 12.1 Å². The second-order valence-electron chi connectivity index (χ2n) is 6.27. The van der Waals surface area contributed by atoms with Gasteiger partial charge in [0.2, 0.25) is 0 Å². The summed E-state index contributed by atoms with van der Waals surface area (Å²) in [6, 6.07) is 0.0439. The molecule has 0 saturated carbocycles. The summed E-state index contributed by atoms with van der Waals surface area (Å²) >= 11 is 0. The number of carbonyl (C=O) groups excluding carboxylic acids is 1. The first-order valence-electron chi connectivity index (χ1n) is 6.47. The van der Waals surface area contributed by atoms with Crippen molar-refractivity contribution in [1.82, 2.24) is 9.80 Å². The van der Waals surface area contributed by atoms with Crippen molar-refractivity contribution in [3.8, 4) is 0 Å². The summed E-state index contributed by atoms with van der Waals surface area (Å²) in [4.78, 5) is 26.7. The quantitative estimate of drug-likeness (QED) is 0.819. The first-order valence-corrected chi connectivity index (χ1v) is 6.47. The number of carboxylic acids is 1. The first-order chi connectivity index (χ1) is 8.60. The maximum Gasteiger partial charge on any atom is 0.410 e. The normalized spacial score (nSPS) is 24.4. The fourth-order valence-electron chi connectivity index (χ4n) is 2.10. The van der Waals surface area contributed by atoms with E-state index < -0.39 is 23.6 Å². The van der Waals surface area contributed by atoms with Gasteiger partial charge in [-0.2, -0.15) is 0 Å². The van der Waals surface area contributed by atoms with E-state index in [1.807, 2.05) is 19.0 Å². The molecule has 1 heterocycles. The second kappa shape index (κ2) is 5.77. The van der Waals surface area contributed by atoms with Crippen molar-refractivity contribution in [3.63, 3.8) is 0 Å². The Morgan fingerprint density at radius 1 is 1.26 bits per heavy atom. The Bertz CT molecular complexity index is 349. The standard InChI is InChI=1S/C13H24N2O4/c1-13(2,3)19-12(18)15-7-9(11(16)17)6-10(8-15)14(4)5/h9-10H,6-8H2,1-5H3,(H,16,17)/t9-,10-/m0/s1. The molecular weight excluding hydrogens is 248 g/mol. The zero-order valence-electron chi connectivity index (χ0n) is 12.3. The molecule has 0 aliphatic carbocycles. The Hall–Kier alpha value is -1.30. The topological polar surface area (TPSA) is 70.1 Å². The molecule has 1 fully saturated rings. The number of aliphatic carboxylic acids is 1. The molecule has 0 aromatic rings. The Kier molecular flexibility index (Phi) is 4.79. The molecule has 0 aromatic heterocycles.